The highest BCUT2D eigenvalue weighted by molar-refractivity contribution is 6.12. The molecule has 2 rings (SSSR count). The normalized spacial score (nSPS) is 10.5. The molecule has 0 aliphatic rings. The van der Waals surface area contributed by atoms with Gasteiger partial charge in [-0.3, -0.25) is 14.9 Å². The van der Waals surface area contributed by atoms with Gasteiger partial charge in [0.15, 0.2) is 6.29 Å². The molecule has 0 unspecified atom stereocenters. The van der Waals surface area contributed by atoms with E-state index in [2.05, 4.69) is 4.98 Å². The van der Waals surface area contributed by atoms with Crippen molar-refractivity contribution in [1.82, 2.24) is 4.98 Å². The van der Waals surface area contributed by atoms with E-state index >= 15 is 0 Å². The standard InChI is InChI=1S/C14H14N2O6/c1-4-22-14(18)11-8(6-17)10-9(15-11)5-7(2)13(21-3)12(10)16(19)20/h5-6,15H,4H2,1-3H3. The number of aryl methyl sites for hydroxylation is 1. The molecule has 8 nitrogen and oxygen atoms in total. The lowest BCUT2D eigenvalue weighted by Crippen LogP contribution is -2.07. The molecule has 0 bridgehead atoms. The molecule has 1 aromatic carbocycles. The average Bonchev–Trinajstić information content (AvgIpc) is 2.83. The lowest BCUT2D eigenvalue weighted by molar-refractivity contribution is -0.384. The van der Waals surface area contributed by atoms with E-state index in [1.54, 1.807) is 19.9 Å². The van der Waals surface area contributed by atoms with Gasteiger partial charge in [-0.15, -0.1) is 0 Å². The smallest absolute Gasteiger partial charge is 0.355 e. The topological polar surface area (TPSA) is 112 Å². The fraction of sp³-hybridized carbons (Fsp3) is 0.286. The Kier molecular flexibility index (Phi) is 4.11. The summed E-state index contributed by atoms with van der Waals surface area (Å²) in [7, 11) is 1.31. The summed E-state index contributed by atoms with van der Waals surface area (Å²) in [6, 6.07) is 1.58. The number of nitro benzene ring substituents is 1. The molecule has 1 aromatic heterocycles. The van der Waals surface area contributed by atoms with Crippen LogP contribution < -0.4 is 4.74 Å². The number of H-pyrrole nitrogens is 1. The van der Waals surface area contributed by atoms with E-state index in [4.69, 9.17) is 9.47 Å². The van der Waals surface area contributed by atoms with Crippen molar-refractivity contribution in [1.29, 1.82) is 0 Å². The van der Waals surface area contributed by atoms with Gasteiger partial charge in [-0.05, 0) is 19.9 Å². The molecule has 0 atom stereocenters. The summed E-state index contributed by atoms with van der Waals surface area (Å²) in [4.78, 5) is 36.8. The SMILES string of the molecule is CCOC(=O)c1[nH]c2cc(C)c(OC)c([N+](=O)[O-])c2c1C=O. The number of aromatic nitrogens is 1. The Bertz CT molecular complexity index is 777. The molecule has 0 saturated carbocycles. The third-order valence-corrected chi connectivity index (χ3v) is 3.22. The number of nitro groups is 1. The molecule has 8 heteroatoms. The molecular formula is C14H14N2O6. The maximum atomic E-state index is 11.9. The number of hydrogen-bond acceptors (Lipinski definition) is 6. The van der Waals surface area contributed by atoms with Gasteiger partial charge in [-0.25, -0.2) is 4.79 Å². The number of methoxy groups -OCH3 is 1. The first-order chi connectivity index (χ1) is 10.5. The quantitative estimate of drug-likeness (QED) is 0.393. The fourth-order valence-corrected chi connectivity index (χ4v) is 2.39. The highest BCUT2D eigenvalue weighted by Crippen LogP contribution is 2.40. The van der Waals surface area contributed by atoms with E-state index < -0.39 is 10.9 Å². The van der Waals surface area contributed by atoms with E-state index in [9.17, 15) is 19.7 Å². The number of nitrogens with zero attached hydrogens (tertiary/aromatic N) is 1. The molecule has 0 spiro atoms. The molecule has 0 fully saturated rings. The van der Waals surface area contributed by atoms with Crippen LogP contribution in [0.2, 0.25) is 0 Å². The second-order valence-corrected chi connectivity index (χ2v) is 4.51. The minimum atomic E-state index is -0.744. The van der Waals surface area contributed by atoms with Gasteiger partial charge in [0.2, 0.25) is 5.75 Å². The van der Waals surface area contributed by atoms with Crippen LogP contribution in [0.15, 0.2) is 6.07 Å². The number of fused-ring (bicyclic) bond motifs is 1. The van der Waals surface area contributed by atoms with E-state index in [-0.39, 0.29) is 34.7 Å². The largest absolute Gasteiger partial charge is 0.490 e. The number of carbonyl (C=O) groups excluding carboxylic acids is 2. The monoisotopic (exact) mass is 306 g/mol. The number of nitrogens with one attached hydrogen (secondary N) is 1. The summed E-state index contributed by atoms with van der Waals surface area (Å²) in [5, 5.41) is 11.4. The Morgan fingerprint density at radius 2 is 2.18 bits per heavy atom. The molecular weight excluding hydrogens is 292 g/mol. The van der Waals surface area contributed by atoms with Crippen molar-refractivity contribution in [3.05, 3.63) is 33.0 Å². The lowest BCUT2D eigenvalue weighted by atomic mass is 10.1. The first-order valence-corrected chi connectivity index (χ1v) is 6.46. The predicted molar refractivity (Wildman–Crippen MR) is 77.6 cm³/mol. The average molecular weight is 306 g/mol. The zero-order valence-corrected chi connectivity index (χ0v) is 12.3. The summed E-state index contributed by atoms with van der Waals surface area (Å²) in [5.41, 5.74) is 0.235. The molecule has 22 heavy (non-hydrogen) atoms. The number of aldehydes is 1. The lowest BCUT2D eigenvalue weighted by Gasteiger charge is -2.06. The van der Waals surface area contributed by atoms with Gasteiger partial charge in [-0.1, -0.05) is 0 Å². The van der Waals surface area contributed by atoms with Crippen molar-refractivity contribution in [3.63, 3.8) is 0 Å². The molecule has 1 N–H and O–H groups in total. The second-order valence-electron chi connectivity index (χ2n) is 4.51. The fourth-order valence-electron chi connectivity index (χ4n) is 2.39. The number of esters is 1. The third-order valence-electron chi connectivity index (χ3n) is 3.22. The molecule has 0 amide bonds. The van der Waals surface area contributed by atoms with Crippen LogP contribution in [0.5, 0.6) is 5.75 Å². The van der Waals surface area contributed by atoms with Crippen molar-refractivity contribution >= 4 is 28.8 Å². The Morgan fingerprint density at radius 1 is 1.50 bits per heavy atom. The number of rotatable bonds is 5. The molecule has 2 aromatic rings. The van der Waals surface area contributed by atoms with Crippen LogP contribution in [0.3, 0.4) is 0 Å². The van der Waals surface area contributed by atoms with Crippen molar-refractivity contribution in [2.75, 3.05) is 13.7 Å². The minimum Gasteiger partial charge on any atom is -0.490 e. The molecule has 0 aliphatic heterocycles. The van der Waals surface area contributed by atoms with Crippen LogP contribution in [-0.4, -0.2) is 35.9 Å². The Labute approximate surface area is 125 Å². The van der Waals surface area contributed by atoms with Gasteiger partial charge < -0.3 is 14.5 Å². The Balaban J connectivity index is 2.91. The predicted octanol–water partition coefficient (Wildman–Crippen LogP) is 2.38. The van der Waals surface area contributed by atoms with Crippen molar-refractivity contribution in [3.8, 4) is 5.75 Å². The van der Waals surface area contributed by atoms with Crippen LogP contribution in [-0.2, 0) is 4.74 Å². The Hall–Kier alpha value is -2.90. The van der Waals surface area contributed by atoms with E-state index in [0.717, 1.165) is 0 Å². The van der Waals surface area contributed by atoms with Crippen molar-refractivity contribution in [2.45, 2.75) is 13.8 Å². The Morgan fingerprint density at radius 3 is 2.68 bits per heavy atom. The number of benzene rings is 1. The highest BCUT2D eigenvalue weighted by Gasteiger charge is 2.29. The van der Waals surface area contributed by atoms with Crippen LogP contribution in [0, 0.1) is 17.0 Å². The van der Waals surface area contributed by atoms with Gasteiger partial charge in [0.25, 0.3) is 0 Å². The minimum absolute atomic E-state index is 0.0329. The van der Waals surface area contributed by atoms with Crippen molar-refractivity contribution in [2.24, 2.45) is 0 Å². The van der Waals surface area contributed by atoms with Crippen molar-refractivity contribution < 1.29 is 24.0 Å². The first-order valence-electron chi connectivity index (χ1n) is 6.46. The zero-order valence-electron chi connectivity index (χ0n) is 12.3. The zero-order chi connectivity index (χ0) is 16.4. The molecule has 0 aliphatic carbocycles. The highest BCUT2D eigenvalue weighted by atomic mass is 16.6. The van der Waals surface area contributed by atoms with Gasteiger partial charge in [0, 0.05) is 5.56 Å². The van der Waals surface area contributed by atoms with Gasteiger partial charge in [-0.2, -0.15) is 0 Å². The van der Waals surface area contributed by atoms with E-state index in [1.807, 2.05) is 0 Å². The molecule has 0 saturated heterocycles. The van der Waals surface area contributed by atoms with Crippen LogP contribution in [0.4, 0.5) is 5.69 Å². The first kappa shape index (κ1) is 15.5. The summed E-state index contributed by atoms with van der Waals surface area (Å²) in [6.45, 7) is 3.38. The van der Waals surface area contributed by atoms with Crippen LogP contribution >= 0.6 is 0 Å². The van der Waals surface area contributed by atoms with Gasteiger partial charge in [0.05, 0.1) is 35.1 Å². The van der Waals surface area contributed by atoms with Gasteiger partial charge >= 0.3 is 11.7 Å². The molecule has 0 radical (unpaired) electrons. The van der Waals surface area contributed by atoms with Gasteiger partial charge in [0.1, 0.15) is 5.69 Å². The summed E-state index contributed by atoms with van der Waals surface area (Å²) in [5.74, 6) is -0.693. The summed E-state index contributed by atoms with van der Waals surface area (Å²) in [6.07, 6.45) is 0.396. The number of carbonyl (C=O) groups is 2. The van der Waals surface area contributed by atoms with Crippen LogP contribution in [0.25, 0.3) is 10.9 Å². The third kappa shape index (κ3) is 2.28. The number of hydrogen-bond donors (Lipinski definition) is 1. The maximum absolute atomic E-state index is 11.9. The number of ether oxygens (including phenoxy) is 2. The van der Waals surface area contributed by atoms with E-state index in [0.29, 0.717) is 17.4 Å². The summed E-state index contributed by atoms with van der Waals surface area (Å²) < 4.78 is 9.93. The maximum Gasteiger partial charge on any atom is 0.355 e. The molecule has 1 heterocycles. The molecule has 116 valence electrons. The van der Waals surface area contributed by atoms with E-state index in [1.165, 1.54) is 7.11 Å². The van der Waals surface area contributed by atoms with Crippen LogP contribution in [0.1, 0.15) is 33.3 Å². The summed E-state index contributed by atoms with van der Waals surface area (Å²) >= 11 is 0. The number of aromatic amines is 1. The second kappa shape index (κ2) is 5.84.